The monoisotopic (exact) mass is 302 g/mol. The van der Waals surface area contributed by atoms with Crippen molar-refractivity contribution in [2.45, 2.75) is 18.4 Å². The summed E-state index contributed by atoms with van der Waals surface area (Å²) in [5.41, 5.74) is 5.70. The number of nitrogens with one attached hydrogen (secondary N) is 1. The minimum absolute atomic E-state index is 0.0443. The average molecular weight is 303 g/mol. The van der Waals surface area contributed by atoms with Gasteiger partial charge in [0.25, 0.3) is 0 Å². The lowest BCUT2D eigenvalue weighted by atomic mass is 10.3. The minimum atomic E-state index is -3.75. The molecule has 0 aliphatic rings. The number of rotatable bonds is 4. The van der Waals surface area contributed by atoms with Gasteiger partial charge in [-0.05, 0) is 18.2 Å². The van der Waals surface area contributed by atoms with E-state index in [1.54, 1.807) is 6.92 Å². The van der Waals surface area contributed by atoms with Crippen molar-refractivity contribution in [2.24, 2.45) is 0 Å². The number of sulfonamides is 1. The standard InChI is InChI=1S/C10H11ClN4O3S/c1-6-14-10(15-18-6)5-13-19(16,17)9-3-2-7(11)4-8(9)12/h2-4,13H,5,12H2,1H3. The second-order valence-corrected chi connectivity index (χ2v) is 5.91. The molecule has 0 bridgehead atoms. The lowest BCUT2D eigenvalue weighted by molar-refractivity contribution is 0.387. The third kappa shape index (κ3) is 3.22. The van der Waals surface area contributed by atoms with Crippen molar-refractivity contribution in [2.75, 3.05) is 5.73 Å². The van der Waals surface area contributed by atoms with Gasteiger partial charge in [-0.3, -0.25) is 0 Å². The van der Waals surface area contributed by atoms with Gasteiger partial charge in [-0.15, -0.1) is 0 Å². The van der Waals surface area contributed by atoms with Crippen LogP contribution in [0.2, 0.25) is 5.02 Å². The first kappa shape index (κ1) is 13.8. The third-order valence-electron chi connectivity index (χ3n) is 2.25. The number of nitrogens with zero attached hydrogens (tertiary/aromatic N) is 2. The summed E-state index contributed by atoms with van der Waals surface area (Å²) in [7, 11) is -3.75. The quantitative estimate of drug-likeness (QED) is 0.818. The Balaban J connectivity index is 2.18. The number of nitrogens with two attached hydrogens (primary N) is 1. The Morgan fingerprint density at radius 2 is 2.21 bits per heavy atom. The van der Waals surface area contributed by atoms with Crippen LogP contribution in [0, 0.1) is 6.92 Å². The van der Waals surface area contributed by atoms with E-state index in [1.165, 1.54) is 18.2 Å². The van der Waals surface area contributed by atoms with E-state index in [9.17, 15) is 8.42 Å². The number of aryl methyl sites for hydroxylation is 1. The minimum Gasteiger partial charge on any atom is -0.398 e. The zero-order chi connectivity index (χ0) is 14.0. The molecule has 0 atom stereocenters. The molecule has 0 saturated heterocycles. The molecule has 2 aromatic rings. The van der Waals surface area contributed by atoms with Crippen LogP contribution in [0.3, 0.4) is 0 Å². The molecule has 0 radical (unpaired) electrons. The van der Waals surface area contributed by atoms with Gasteiger partial charge in [0, 0.05) is 11.9 Å². The Morgan fingerprint density at radius 3 is 2.79 bits per heavy atom. The first-order valence-corrected chi connectivity index (χ1v) is 7.08. The second-order valence-electron chi connectivity index (χ2n) is 3.74. The summed E-state index contributed by atoms with van der Waals surface area (Å²) in [5.74, 6) is 0.605. The van der Waals surface area contributed by atoms with E-state index >= 15 is 0 Å². The molecule has 9 heteroatoms. The molecule has 7 nitrogen and oxygen atoms in total. The summed E-state index contributed by atoms with van der Waals surface area (Å²) in [5, 5.41) is 3.95. The highest BCUT2D eigenvalue weighted by molar-refractivity contribution is 7.89. The number of benzene rings is 1. The molecule has 1 heterocycles. The first-order valence-electron chi connectivity index (χ1n) is 5.22. The van der Waals surface area contributed by atoms with E-state index in [0.29, 0.717) is 10.9 Å². The van der Waals surface area contributed by atoms with Gasteiger partial charge in [0.2, 0.25) is 15.9 Å². The van der Waals surface area contributed by atoms with Crippen molar-refractivity contribution in [3.8, 4) is 0 Å². The fourth-order valence-corrected chi connectivity index (χ4v) is 2.69. The maximum Gasteiger partial charge on any atom is 0.243 e. The summed E-state index contributed by atoms with van der Waals surface area (Å²) < 4.78 is 31.1. The van der Waals surface area contributed by atoms with Crippen molar-refractivity contribution >= 4 is 27.3 Å². The van der Waals surface area contributed by atoms with Gasteiger partial charge in [-0.25, -0.2) is 13.1 Å². The van der Waals surface area contributed by atoms with Crippen molar-refractivity contribution in [3.63, 3.8) is 0 Å². The van der Waals surface area contributed by atoms with Gasteiger partial charge in [-0.2, -0.15) is 4.98 Å². The van der Waals surface area contributed by atoms with Crippen molar-refractivity contribution in [3.05, 3.63) is 34.9 Å². The Hall–Kier alpha value is -1.64. The van der Waals surface area contributed by atoms with Gasteiger partial charge in [0.15, 0.2) is 5.82 Å². The van der Waals surface area contributed by atoms with Gasteiger partial charge >= 0.3 is 0 Å². The van der Waals surface area contributed by atoms with Crippen LogP contribution in [0.25, 0.3) is 0 Å². The van der Waals surface area contributed by atoms with Gasteiger partial charge in [0.1, 0.15) is 4.90 Å². The molecule has 0 saturated carbocycles. The smallest absolute Gasteiger partial charge is 0.243 e. The number of halogens is 1. The van der Waals surface area contributed by atoms with Crippen LogP contribution in [0.5, 0.6) is 0 Å². The molecule has 0 fully saturated rings. The molecule has 19 heavy (non-hydrogen) atoms. The molecule has 0 aliphatic carbocycles. The number of aromatic nitrogens is 2. The third-order valence-corrected chi connectivity index (χ3v) is 3.96. The maximum absolute atomic E-state index is 12.0. The summed E-state index contributed by atoms with van der Waals surface area (Å²) in [6.07, 6.45) is 0. The molecular formula is C10H11ClN4O3S. The Labute approximate surface area is 114 Å². The van der Waals surface area contributed by atoms with Crippen LogP contribution in [0.15, 0.2) is 27.6 Å². The van der Waals surface area contributed by atoms with Crippen LogP contribution in [0.1, 0.15) is 11.7 Å². The average Bonchev–Trinajstić information content (AvgIpc) is 2.72. The normalized spacial score (nSPS) is 11.7. The molecule has 0 unspecified atom stereocenters. The van der Waals surface area contributed by atoms with E-state index in [0.717, 1.165) is 0 Å². The molecule has 1 aromatic carbocycles. The Bertz CT molecular complexity index is 699. The lowest BCUT2D eigenvalue weighted by Gasteiger charge is -2.07. The van der Waals surface area contributed by atoms with E-state index in [4.69, 9.17) is 21.9 Å². The zero-order valence-electron chi connectivity index (χ0n) is 9.92. The van der Waals surface area contributed by atoms with Crippen molar-refractivity contribution < 1.29 is 12.9 Å². The highest BCUT2D eigenvalue weighted by atomic mass is 35.5. The van der Waals surface area contributed by atoms with Crippen molar-refractivity contribution in [1.82, 2.24) is 14.9 Å². The Kier molecular flexibility index (Phi) is 3.74. The highest BCUT2D eigenvalue weighted by Gasteiger charge is 2.18. The van der Waals surface area contributed by atoms with E-state index in [-0.39, 0.29) is 23.0 Å². The number of nitrogen functional groups attached to an aromatic ring is 1. The lowest BCUT2D eigenvalue weighted by Crippen LogP contribution is -2.24. The van der Waals surface area contributed by atoms with Crippen LogP contribution in [0.4, 0.5) is 5.69 Å². The molecule has 102 valence electrons. The highest BCUT2D eigenvalue weighted by Crippen LogP contribution is 2.22. The topological polar surface area (TPSA) is 111 Å². The maximum atomic E-state index is 12.0. The molecule has 0 aliphatic heterocycles. The predicted octanol–water partition coefficient (Wildman–Crippen LogP) is 1.09. The van der Waals surface area contributed by atoms with Gasteiger partial charge < -0.3 is 10.3 Å². The fraction of sp³-hybridized carbons (Fsp3) is 0.200. The molecular weight excluding hydrogens is 292 g/mol. The van der Waals surface area contributed by atoms with Crippen LogP contribution in [-0.2, 0) is 16.6 Å². The number of anilines is 1. The summed E-state index contributed by atoms with van der Waals surface area (Å²) in [4.78, 5) is 3.84. The summed E-state index contributed by atoms with van der Waals surface area (Å²) >= 11 is 5.72. The van der Waals surface area contributed by atoms with Crippen LogP contribution < -0.4 is 10.5 Å². The SMILES string of the molecule is Cc1nc(CNS(=O)(=O)c2ccc(Cl)cc2N)no1. The van der Waals surface area contributed by atoms with Gasteiger partial charge in [0.05, 0.1) is 12.2 Å². The molecule has 0 spiro atoms. The first-order chi connectivity index (χ1) is 8.88. The van der Waals surface area contributed by atoms with E-state index < -0.39 is 10.0 Å². The Morgan fingerprint density at radius 1 is 1.47 bits per heavy atom. The van der Waals surface area contributed by atoms with Crippen LogP contribution in [-0.4, -0.2) is 18.6 Å². The molecule has 0 amide bonds. The second kappa shape index (κ2) is 5.16. The molecule has 3 N–H and O–H groups in total. The van der Waals surface area contributed by atoms with E-state index in [2.05, 4.69) is 14.9 Å². The van der Waals surface area contributed by atoms with E-state index in [1.807, 2.05) is 0 Å². The van der Waals surface area contributed by atoms with Crippen LogP contribution >= 0.6 is 11.6 Å². The summed E-state index contributed by atoms with van der Waals surface area (Å²) in [6, 6.07) is 4.15. The largest absolute Gasteiger partial charge is 0.398 e. The predicted molar refractivity (Wildman–Crippen MR) is 68.9 cm³/mol. The zero-order valence-corrected chi connectivity index (χ0v) is 11.5. The number of hydrogen-bond acceptors (Lipinski definition) is 6. The molecule has 2 rings (SSSR count). The fourth-order valence-electron chi connectivity index (χ4n) is 1.41. The molecule has 1 aromatic heterocycles. The van der Waals surface area contributed by atoms with Crippen molar-refractivity contribution in [1.29, 1.82) is 0 Å². The number of hydrogen-bond donors (Lipinski definition) is 2. The van der Waals surface area contributed by atoms with Gasteiger partial charge in [-0.1, -0.05) is 16.8 Å². The summed E-state index contributed by atoms with van der Waals surface area (Å²) in [6.45, 7) is 1.53.